The minimum atomic E-state index is -1.07. The van der Waals surface area contributed by atoms with Crippen molar-refractivity contribution in [3.05, 3.63) is 64.2 Å². The van der Waals surface area contributed by atoms with E-state index in [1.165, 1.54) is 24.3 Å². The molecule has 0 saturated carbocycles. The first-order valence-corrected chi connectivity index (χ1v) is 8.67. The zero-order chi connectivity index (χ0) is 21.4. The molecular weight excluding hydrogens is 396 g/mol. The summed E-state index contributed by atoms with van der Waals surface area (Å²) in [6, 6.07) is 12.4. The summed E-state index contributed by atoms with van der Waals surface area (Å²) in [4.78, 5) is 34.4. The molecule has 2 aromatic carbocycles. The zero-order valence-corrected chi connectivity index (χ0v) is 16.1. The highest BCUT2D eigenvalue weighted by Gasteiger charge is 2.12. The van der Waals surface area contributed by atoms with Crippen molar-refractivity contribution in [2.75, 3.05) is 11.9 Å². The number of amides is 4. The number of primary amides is 1. The molecule has 0 saturated heterocycles. The quantitative estimate of drug-likeness (QED) is 0.495. The van der Waals surface area contributed by atoms with Crippen LogP contribution in [0.1, 0.15) is 11.1 Å². The van der Waals surface area contributed by atoms with Gasteiger partial charge in [0.05, 0.1) is 5.02 Å². The van der Waals surface area contributed by atoms with E-state index in [-0.39, 0.29) is 28.9 Å². The van der Waals surface area contributed by atoms with E-state index in [0.717, 1.165) is 5.56 Å². The van der Waals surface area contributed by atoms with Crippen molar-refractivity contribution in [3.8, 4) is 11.8 Å². The number of anilines is 1. The molecule has 0 heterocycles. The number of urea groups is 1. The number of nitrogens with zero attached hydrogens (tertiary/aromatic N) is 1. The molecule has 4 amide bonds. The average molecular weight is 413 g/mol. The highest BCUT2D eigenvalue weighted by molar-refractivity contribution is 6.32. The Labute approximate surface area is 171 Å². The van der Waals surface area contributed by atoms with Crippen LogP contribution in [0.3, 0.4) is 0 Å². The zero-order valence-electron chi connectivity index (χ0n) is 15.4. The molecule has 0 fully saturated rings. The van der Waals surface area contributed by atoms with Gasteiger partial charge in [0.2, 0.25) is 0 Å². The maximum Gasteiger partial charge on any atom is 0.319 e. The predicted octanol–water partition coefficient (Wildman–Crippen LogP) is 2.77. The van der Waals surface area contributed by atoms with Crippen LogP contribution in [0.5, 0.6) is 5.75 Å². The van der Waals surface area contributed by atoms with Crippen LogP contribution in [0.2, 0.25) is 5.02 Å². The topological polar surface area (TPSA) is 134 Å². The van der Waals surface area contributed by atoms with E-state index in [0.29, 0.717) is 11.3 Å². The Morgan fingerprint density at radius 2 is 1.90 bits per heavy atom. The average Bonchev–Trinajstić information content (AvgIpc) is 2.66. The van der Waals surface area contributed by atoms with Crippen LogP contribution in [0, 0.1) is 18.3 Å². The number of rotatable bonds is 6. The van der Waals surface area contributed by atoms with Crippen LogP contribution in [0.4, 0.5) is 10.5 Å². The van der Waals surface area contributed by atoms with Gasteiger partial charge < -0.3 is 15.8 Å². The molecule has 0 bridgehead atoms. The second-order valence-corrected chi connectivity index (χ2v) is 6.29. The van der Waals surface area contributed by atoms with Crippen molar-refractivity contribution in [2.45, 2.75) is 6.92 Å². The lowest BCUT2D eigenvalue weighted by Gasteiger charge is -2.09. The largest absolute Gasteiger partial charge is 0.482 e. The molecule has 4 N–H and O–H groups in total. The molecule has 9 heteroatoms. The lowest BCUT2D eigenvalue weighted by atomic mass is 10.1. The third-order valence-electron chi connectivity index (χ3n) is 3.56. The molecule has 2 rings (SSSR count). The summed E-state index contributed by atoms with van der Waals surface area (Å²) in [5.41, 5.74) is 6.67. The molecule has 0 unspecified atom stereocenters. The van der Waals surface area contributed by atoms with Crippen molar-refractivity contribution in [2.24, 2.45) is 5.73 Å². The lowest BCUT2D eigenvalue weighted by Crippen LogP contribution is -2.35. The minimum Gasteiger partial charge on any atom is -0.482 e. The maximum atomic E-state index is 12.0. The number of nitrogens with two attached hydrogens (primary N) is 1. The summed E-state index contributed by atoms with van der Waals surface area (Å²) in [5, 5.41) is 13.7. The van der Waals surface area contributed by atoms with E-state index in [4.69, 9.17) is 27.3 Å². The van der Waals surface area contributed by atoms with Gasteiger partial charge in [0.15, 0.2) is 6.61 Å². The number of hydrogen-bond acceptors (Lipinski definition) is 5. The molecule has 0 radical (unpaired) electrons. The maximum absolute atomic E-state index is 12.0. The molecule has 29 heavy (non-hydrogen) atoms. The Bertz CT molecular complexity index is 1010. The molecular formula is C20H17ClN4O4. The monoisotopic (exact) mass is 412 g/mol. The number of halogens is 1. The number of carbonyl (C=O) groups excluding carboxylic acids is 3. The number of benzene rings is 2. The van der Waals surface area contributed by atoms with E-state index >= 15 is 0 Å². The Kier molecular flexibility index (Phi) is 7.34. The van der Waals surface area contributed by atoms with Gasteiger partial charge in [-0.3, -0.25) is 14.9 Å². The molecule has 0 spiro atoms. The van der Waals surface area contributed by atoms with E-state index in [2.05, 4.69) is 5.32 Å². The number of carbonyl (C=O) groups is 3. The molecule has 8 nitrogen and oxygen atoms in total. The summed E-state index contributed by atoms with van der Waals surface area (Å²) < 4.78 is 5.41. The highest BCUT2D eigenvalue weighted by Crippen LogP contribution is 2.26. The van der Waals surface area contributed by atoms with Gasteiger partial charge in [0, 0.05) is 5.69 Å². The molecule has 2 aromatic rings. The summed E-state index contributed by atoms with van der Waals surface area (Å²) >= 11 is 6.14. The van der Waals surface area contributed by atoms with Gasteiger partial charge in [0.25, 0.3) is 11.8 Å². The van der Waals surface area contributed by atoms with E-state index in [1.54, 1.807) is 23.5 Å². The number of ether oxygens (including phenoxy) is 1. The summed E-state index contributed by atoms with van der Waals surface area (Å²) in [7, 11) is 0. The van der Waals surface area contributed by atoms with Crippen molar-refractivity contribution < 1.29 is 19.1 Å². The van der Waals surface area contributed by atoms with Crippen LogP contribution in [0.15, 0.2) is 48.0 Å². The van der Waals surface area contributed by atoms with E-state index < -0.39 is 11.9 Å². The van der Waals surface area contributed by atoms with Crippen molar-refractivity contribution in [3.63, 3.8) is 0 Å². The van der Waals surface area contributed by atoms with Crippen molar-refractivity contribution >= 4 is 41.2 Å². The first-order chi connectivity index (χ1) is 13.8. The number of aryl methyl sites for hydroxylation is 1. The number of hydrogen-bond donors (Lipinski definition) is 3. The highest BCUT2D eigenvalue weighted by atomic mass is 35.5. The summed E-state index contributed by atoms with van der Waals surface area (Å²) in [5.74, 6) is -1.03. The summed E-state index contributed by atoms with van der Waals surface area (Å²) in [6.07, 6.45) is 1.23. The van der Waals surface area contributed by atoms with Crippen LogP contribution in [-0.2, 0) is 9.59 Å². The number of nitrogens with one attached hydrogen (secondary N) is 2. The summed E-state index contributed by atoms with van der Waals surface area (Å²) in [6.45, 7) is 1.69. The fourth-order valence-electron chi connectivity index (χ4n) is 2.20. The van der Waals surface area contributed by atoms with Gasteiger partial charge in [-0.05, 0) is 42.8 Å². The van der Waals surface area contributed by atoms with Gasteiger partial charge >= 0.3 is 6.03 Å². The second kappa shape index (κ2) is 9.92. The molecule has 0 aliphatic carbocycles. The smallest absolute Gasteiger partial charge is 0.319 e. The predicted molar refractivity (Wildman–Crippen MR) is 108 cm³/mol. The minimum absolute atomic E-state index is 0.175. The van der Waals surface area contributed by atoms with Gasteiger partial charge in [0.1, 0.15) is 17.4 Å². The van der Waals surface area contributed by atoms with Gasteiger partial charge in [-0.25, -0.2) is 4.79 Å². The second-order valence-electron chi connectivity index (χ2n) is 5.88. The van der Waals surface area contributed by atoms with Crippen LogP contribution < -0.4 is 21.1 Å². The number of imide groups is 1. The third kappa shape index (κ3) is 6.68. The van der Waals surface area contributed by atoms with E-state index in [9.17, 15) is 14.4 Å². The van der Waals surface area contributed by atoms with Crippen LogP contribution in [-0.4, -0.2) is 24.5 Å². The first kappa shape index (κ1) is 21.5. The van der Waals surface area contributed by atoms with Gasteiger partial charge in [-0.1, -0.05) is 35.4 Å². The SMILES string of the molecule is Cc1ccc(NC(=O)COc2ccc(/C=C(/C#N)C(=O)NC(N)=O)cc2Cl)cc1. The Morgan fingerprint density at radius 1 is 1.21 bits per heavy atom. The fraction of sp³-hybridized carbons (Fsp3) is 0.100. The van der Waals surface area contributed by atoms with Gasteiger partial charge in [-0.2, -0.15) is 5.26 Å². The molecule has 0 atom stereocenters. The third-order valence-corrected chi connectivity index (χ3v) is 3.86. The first-order valence-electron chi connectivity index (χ1n) is 8.30. The Balaban J connectivity index is 2.01. The molecule has 0 aliphatic heterocycles. The Morgan fingerprint density at radius 3 is 2.48 bits per heavy atom. The fourth-order valence-corrected chi connectivity index (χ4v) is 2.44. The number of nitriles is 1. The molecule has 0 aromatic heterocycles. The van der Waals surface area contributed by atoms with Crippen molar-refractivity contribution in [1.82, 2.24) is 5.32 Å². The lowest BCUT2D eigenvalue weighted by molar-refractivity contribution is -0.118. The Hall–Kier alpha value is -3.83. The van der Waals surface area contributed by atoms with Crippen molar-refractivity contribution in [1.29, 1.82) is 5.26 Å². The van der Waals surface area contributed by atoms with Gasteiger partial charge in [-0.15, -0.1) is 0 Å². The standard InChI is InChI=1S/C20H17ClN4O4/c1-12-2-5-15(6-3-12)24-18(26)11-29-17-7-4-13(9-16(17)21)8-14(10-22)19(27)25-20(23)28/h2-9H,11H2,1H3,(H,24,26)(H3,23,25,27,28)/b14-8-. The molecule has 148 valence electrons. The van der Waals surface area contributed by atoms with Crippen LogP contribution >= 0.6 is 11.6 Å². The normalized spacial score (nSPS) is 10.6. The molecule has 0 aliphatic rings. The van der Waals surface area contributed by atoms with Crippen LogP contribution in [0.25, 0.3) is 6.08 Å². The van der Waals surface area contributed by atoms with E-state index in [1.807, 2.05) is 19.1 Å².